The van der Waals surface area contributed by atoms with Crippen molar-refractivity contribution in [1.82, 2.24) is 10.2 Å². The number of benzene rings is 1. The van der Waals surface area contributed by atoms with Crippen LogP contribution in [0.5, 0.6) is 0 Å². The summed E-state index contributed by atoms with van der Waals surface area (Å²) in [5.41, 5.74) is 0.596. The van der Waals surface area contributed by atoms with Crippen molar-refractivity contribution in [2.75, 3.05) is 19.6 Å². The number of hydrogen-bond acceptors (Lipinski definition) is 2. The summed E-state index contributed by atoms with van der Waals surface area (Å²) in [4.78, 5) is 14.0. The Labute approximate surface area is 100 Å². The van der Waals surface area contributed by atoms with Crippen LogP contribution in [0.3, 0.4) is 0 Å². The number of halogens is 1. The molecule has 0 spiro atoms. The first-order valence-electron chi connectivity index (χ1n) is 5.45. The minimum atomic E-state index is 0.0268. The summed E-state index contributed by atoms with van der Waals surface area (Å²) in [6.07, 6.45) is 0. The maximum absolute atomic E-state index is 12.2. The molecule has 3 nitrogen and oxygen atoms in total. The maximum Gasteiger partial charge on any atom is 0.255 e. The fourth-order valence-corrected chi connectivity index (χ4v) is 2.14. The zero-order valence-electron chi connectivity index (χ0n) is 9.24. The molecule has 2 rings (SSSR count). The predicted octanol–water partition coefficient (Wildman–Crippen LogP) is 1.77. The molecule has 1 atom stereocenters. The second kappa shape index (κ2) is 4.85. The molecule has 1 saturated heterocycles. The van der Waals surface area contributed by atoms with Crippen molar-refractivity contribution >= 4 is 17.5 Å². The van der Waals surface area contributed by atoms with Crippen LogP contribution < -0.4 is 5.32 Å². The van der Waals surface area contributed by atoms with Crippen LogP contribution in [0, 0.1) is 0 Å². The summed E-state index contributed by atoms with van der Waals surface area (Å²) in [5, 5.41) is 3.83. The van der Waals surface area contributed by atoms with Gasteiger partial charge < -0.3 is 10.2 Å². The van der Waals surface area contributed by atoms with Gasteiger partial charge in [-0.05, 0) is 19.1 Å². The molecular formula is C12H15ClN2O. The van der Waals surface area contributed by atoms with Crippen LogP contribution in [-0.4, -0.2) is 36.5 Å². The standard InChI is InChI=1S/C12H15ClN2O/c1-9-8-15(7-6-14-9)12(16)10-4-2-3-5-11(10)13/h2-5,9,14H,6-8H2,1H3/t9-/m1/s1. The van der Waals surface area contributed by atoms with Crippen LogP contribution in [0.4, 0.5) is 0 Å². The highest BCUT2D eigenvalue weighted by Crippen LogP contribution is 2.17. The van der Waals surface area contributed by atoms with Gasteiger partial charge in [0.05, 0.1) is 10.6 Å². The summed E-state index contributed by atoms with van der Waals surface area (Å²) >= 11 is 6.01. The van der Waals surface area contributed by atoms with E-state index in [1.165, 1.54) is 0 Å². The molecule has 1 aliphatic heterocycles. The Bertz CT molecular complexity index is 394. The molecular weight excluding hydrogens is 224 g/mol. The summed E-state index contributed by atoms with van der Waals surface area (Å²) in [5.74, 6) is 0.0268. The smallest absolute Gasteiger partial charge is 0.255 e. The molecule has 0 aromatic heterocycles. The fraction of sp³-hybridized carbons (Fsp3) is 0.417. The van der Waals surface area contributed by atoms with Gasteiger partial charge in [-0.15, -0.1) is 0 Å². The van der Waals surface area contributed by atoms with E-state index >= 15 is 0 Å². The third-order valence-electron chi connectivity index (χ3n) is 2.76. The van der Waals surface area contributed by atoms with Gasteiger partial charge in [0, 0.05) is 25.7 Å². The van der Waals surface area contributed by atoms with Crippen molar-refractivity contribution in [3.63, 3.8) is 0 Å². The van der Waals surface area contributed by atoms with Gasteiger partial charge in [-0.3, -0.25) is 4.79 Å². The molecule has 0 radical (unpaired) electrons. The van der Waals surface area contributed by atoms with E-state index in [1.54, 1.807) is 12.1 Å². The molecule has 1 heterocycles. The Morgan fingerprint density at radius 2 is 2.25 bits per heavy atom. The fourth-order valence-electron chi connectivity index (χ4n) is 1.92. The number of nitrogens with zero attached hydrogens (tertiary/aromatic N) is 1. The lowest BCUT2D eigenvalue weighted by Crippen LogP contribution is -2.51. The van der Waals surface area contributed by atoms with Crippen molar-refractivity contribution in [2.45, 2.75) is 13.0 Å². The molecule has 1 aliphatic rings. The average molecular weight is 239 g/mol. The summed E-state index contributed by atoms with van der Waals surface area (Å²) in [6, 6.07) is 7.54. The monoisotopic (exact) mass is 238 g/mol. The van der Waals surface area contributed by atoms with E-state index in [1.807, 2.05) is 17.0 Å². The van der Waals surface area contributed by atoms with E-state index in [-0.39, 0.29) is 5.91 Å². The number of amides is 1. The largest absolute Gasteiger partial charge is 0.336 e. The van der Waals surface area contributed by atoms with Crippen molar-refractivity contribution in [3.05, 3.63) is 34.9 Å². The second-order valence-corrected chi connectivity index (χ2v) is 4.49. The molecule has 4 heteroatoms. The van der Waals surface area contributed by atoms with Crippen molar-refractivity contribution in [3.8, 4) is 0 Å². The van der Waals surface area contributed by atoms with Crippen LogP contribution in [-0.2, 0) is 0 Å². The molecule has 16 heavy (non-hydrogen) atoms. The molecule has 1 N–H and O–H groups in total. The third-order valence-corrected chi connectivity index (χ3v) is 3.09. The van der Waals surface area contributed by atoms with Gasteiger partial charge in [-0.2, -0.15) is 0 Å². The van der Waals surface area contributed by atoms with Gasteiger partial charge in [0.2, 0.25) is 0 Å². The van der Waals surface area contributed by atoms with Crippen LogP contribution >= 0.6 is 11.6 Å². The highest BCUT2D eigenvalue weighted by atomic mass is 35.5. The zero-order valence-corrected chi connectivity index (χ0v) is 10.00. The number of piperazine rings is 1. The van der Waals surface area contributed by atoms with Crippen molar-refractivity contribution < 1.29 is 4.79 Å². The summed E-state index contributed by atoms with van der Waals surface area (Å²) in [6.45, 7) is 4.40. The van der Waals surface area contributed by atoms with Gasteiger partial charge in [0.1, 0.15) is 0 Å². The molecule has 0 aliphatic carbocycles. The number of nitrogens with one attached hydrogen (secondary N) is 1. The van der Waals surface area contributed by atoms with Gasteiger partial charge in [0.25, 0.3) is 5.91 Å². The first-order valence-corrected chi connectivity index (χ1v) is 5.83. The lowest BCUT2D eigenvalue weighted by Gasteiger charge is -2.32. The van der Waals surface area contributed by atoms with Crippen LogP contribution in [0.2, 0.25) is 5.02 Å². The number of carbonyl (C=O) groups excluding carboxylic acids is 1. The van der Waals surface area contributed by atoms with E-state index in [0.29, 0.717) is 16.6 Å². The molecule has 0 bridgehead atoms. The number of rotatable bonds is 1. The van der Waals surface area contributed by atoms with Crippen molar-refractivity contribution in [1.29, 1.82) is 0 Å². The molecule has 86 valence electrons. The minimum Gasteiger partial charge on any atom is -0.336 e. The molecule has 1 amide bonds. The first-order chi connectivity index (χ1) is 7.68. The number of carbonyl (C=O) groups is 1. The van der Waals surface area contributed by atoms with Gasteiger partial charge in [0.15, 0.2) is 0 Å². The Morgan fingerprint density at radius 3 is 2.94 bits per heavy atom. The second-order valence-electron chi connectivity index (χ2n) is 4.09. The lowest BCUT2D eigenvalue weighted by atomic mass is 10.1. The van der Waals surface area contributed by atoms with Gasteiger partial charge >= 0.3 is 0 Å². The zero-order chi connectivity index (χ0) is 11.5. The Hall–Kier alpha value is -1.06. The van der Waals surface area contributed by atoms with Gasteiger partial charge in [-0.1, -0.05) is 23.7 Å². The predicted molar refractivity (Wildman–Crippen MR) is 64.8 cm³/mol. The normalized spacial score (nSPS) is 20.9. The minimum absolute atomic E-state index is 0.0268. The van der Waals surface area contributed by atoms with E-state index < -0.39 is 0 Å². The Balaban J connectivity index is 2.16. The average Bonchev–Trinajstić information content (AvgIpc) is 2.29. The third kappa shape index (κ3) is 2.36. The molecule has 1 aromatic rings. The molecule has 0 unspecified atom stereocenters. The summed E-state index contributed by atoms with van der Waals surface area (Å²) < 4.78 is 0. The van der Waals surface area contributed by atoms with E-state index in [0.717, 1.165) is 19.6 Å². The number of hydrogen-bond donors (Lipinski definition) is 1. The quantitative estimate of drug-likeness (QED) is 0.809. The highest BCUT2D eigenvalue weighted by molar-refractivity contribution is 6.33. The lowest BCUT2D eigenvalue weighted by molar-refractivity contribution is 0.0709. The SMILES string of the molecule is C[C@@H]1CN(C(=O)c2ccccc2Cl)CCN1. The topological polar surface area (TPSA) is 32.3 Å². The molecule has 1 aromatic carbocycles. The van der Waals surface area contributed by atoms with E-state index in [4.69, 9.17) is 11.6 Å². The molecule has 1 fully saturated rings. The van der Waals surface area contributed by atoms with Crippen LogP contribution in [0.25, 0.3) is 0 Å². The van der Waals surface area contributed by atoms with Crippen molar-refractivity contribution in [2.24, 2.45) is 0 Å². The first kappa shape index (κ1) is 11.4. The Kier molecular flexibility index (Phi) is 3.46. The van der Waals surface area contributed by atoms with Crippen LogP contribution in [0.1, 0.15) is 17.3 Å². The maximum atomic E-state index is 12.2. The van der Waals surface area contributed by atoms with E-state index in [9.17, 15) is 4.79 Å². The van der Waals surface area contributed by atoms with Crippen LogP contribution in [0.15, 0.2) is 24.3 Å². The molecule has 0 saturated carbocycles. The van der Waals surface area contributed by atoms with Gasteiger partial charge in [-0.25, -0.2) is 0 Å². The summed E-state index contributed by atoms with van der Waals surface area (Å²) in [7, 11) is 0. The Morgan fingerprint density at radius 1 is 1.50 bits per heavy atom. The highest BCUT2D eigenvalue weighted by Gasteiger charge is 2.22. The van der Waals surface area contributed by atoms with E-state index in [2.05, 4.69) is 12.2 Å².